The molecule has 0 aliphatic carbocycles. The molecule has 1 aromatic carbocycles. The van der Waals surface area contributed by atoms with Gasteiger partial charge in [-0.3, -0.25) is 9.59 Å². The Labute approximate surface area is 129 Å². The van der Waals surface area contributed by atoms with E-state index in [4.69, 9.17) is 20.7 Å². The molecule has 0 saturated carbocycles. The third-order valence-corrected chi connectivity index (χ3v) is 3.06. The Bertz CT molecular complexity index is 460. The van der Waals surface area contributed by atoms with Crippen LogP contribution in [0.5, 0.6) is 0 Å². The first-order chi connectivity index (χ1) is 10.5. The van der Waals surface area contributed by atoms with E-state index in [0.29, 0.717) is 6.10 Å². The van der Waals surface area contributed by atoms with Crippen LogP contribution in [0.3, 0.4) is 0 Å². The molecule has 7 nitrogen and oxygen atoms in total. The van der Waals surface area contributed by atoms with E-state index in [1.165, 1.54) is 5.56 Å². The molecule has 1 saturated heterocycles. The van der Waals surface area contributed by atoms with Gasteiger partial charge in [0.25, 0.3) is 0 Å². The van der Waals surface area contributed by atoms with Crippen molar-refractivity contribution in [2.75, 3.05) is 13.1 Å². The summed E-state index contributed by atoms with van der Waals surface area (Å²) >= 11 is 0. The average Bonchev–Trinajstić information content (AvgIpc) is 2.99. The molecule has 1 heterocycles. The normalized spacial score (nSPS) is 18.1. The predicted molar refractivity (Wildman–Crippen MR) is 80.4 cm³/mol. The highest BCUT2D eigenvalue weighted by Gasteiger charge is 2.15. The van der Waals surface area contributed by atoms with E-state index < -0.39 is 24.4 Å². The third kappa shape index (κ3) is 7.72. The lowest BCUT2D eigenvalue weighted by Crippen LogP contribution is -2.32. The maximum Gasteiger partial charge on any atom is 0.321 e. The first-order valence-corrected chi connectivity index (χ1v) is 7.05. The molecule has 5 N–H and O–H groups in total. The zero-order valence-corrected chi connectivity index (χ0v) is 12.3. The van der Waals surface area contributed by atoms with Gasteiger partial charge in [-0.2, -0.15) is 0 Å². The fourth-order valence-corrected chi connectivity index (χ4v) is 1.83. The molecule has 2 rings (SSSR count). The standard InChI is InChI=1S/C11H15NO.C4H7NO4/c1-2-4-10(5-3-1)9-13-11-6-7-12-8-11;5-2(4(8)9)1-3(6)7/h1-5,11-12H,6-9H2;2H,1,5H2,(H,6,7)(H,8,9)/t11-;2-/m11/s1. The molecule has 0 radical (unpaired) electrons. The van der Waals surface area contributed by atoms with Crippen molar-refractivity contribution in [1.82, 2.24) is 5.32 Å². The second-order valence-corrected chi connectivity index (χ2v) is 4.95. The van der Waals surface area contributed by atoms with Gasteiger partial charge in [-0.1, -0.05) is 30.3 Å². The van der Waals surface area contributed by atoms with Gasteiger partial charge in [0, 0.05) is 6.54 Å². The van der Waals surface area contributed by atoms with Gasteiger partial charge < -0.3 is 26.0 Å². The number of hydrogen-bond donors (Lipinski definition) is 4. The van der Waals surface area contributed by atoms with Crippen LogP contribution in [0.1, 0.15) is 18.4 Å². The first kappa shape index (κ1) is 18.1. The predicted octanol–water partition coefficient (Wildman–Crippen LogP) is 0.438. The minimum absolute atomic E-state index is 0.417. The van der Waals surface area contributed by atoms with Crippen LogP contribution in [0.4, 0.5) is 0 Å². The van der Waals surface area contributed by atoms with Gasteiger partial charge in [0.05, 0.1) is 19.1 Å². The molecule has 1 aliphatic rings. The molecule has 2 atom stereocenters. The summed E-state index contributed by atoms with van der Waals surface area (Å²) in [6.45, 7) is 2.85. The summed E-state index contributed by atoms with van der Waals surface area (Å²) in [5, 5.41) is 19.3. The zero-order chi connectivity index (χ0) is 16.4. The fourth-order valence-electron chi connectivity index (χ4n) is 1.83. The lowest BCUT2D eigenvalue weighted by molar-refractivity contribution is -0.144. The Morgan fingerprint density at radius 1 is 1.32 bits per heavy atom. The highest BCUT2D eigenvalue weighted by molar-refractivity contribution is 5.80. The van der Waals surface area contributed by atoms with Gasteiger partial charge in [-0.05, 0) is 18.5 Å². The highest BCUT2D eigenvalue weighted by Crippen LogP contribution is 2.07. The molecular weight excluding hydrogens is 288 g/mol. The Morgan fingerprint density at radius 3 is 2.45 bits per heavy atom. The first-order valence-electron chi connectivity index (χ1n) is 7.05. The van der Waals surface area contributed by atoms with Gasteiger partial charge in [0.15, 0.2) is 0 Å². The fraction of sp³-hybridized carbons (Fsp3) is 0.467. The van der Waals surface area contributed by atoms with Gasteiger partial charge in [-0.25, -0.2) is 0 Å². The summed E-state index contributed by atoms with van der Waals surface area (Å²) in [6, 6.07) is 9.03. The number of hydrogen-bond acceptors (Lipinski definition) is 5. The Morgan fingerprint density at radius 2 is 2.00 bits per heavy atom. The number of carbonyl (C=O) groups is 2. The van der Waals surface area contributed by atoms with Crippen LogP contribution in [0.2, 0.25) is 0 Å². The van der Waals surface area contributed by atoms with Gasteiger partial charge in [-0.15, -0.1) is 0 Å². The Kier molecular flexibility index (Phi) is 8.13. The summed E-state index contributed by atoms with van der Waals surface area (Å²) in [7, 11) is 0. The van der Waals surface area contributed by atoms with E-state index in [0.717, 1.165) is 26.1 Å². The second kappa shape index (κ2) is 9.88. The Hall–Kier alpha value is -1.96. The largest absolute Gasteiger partial charge is 0.481 e. The molecule has 1 aliphatic heterocycles. The van der Waals surface area contributed by atoms with Gasteiger partial charge in [0.1, 0.15) is 6.04 Å². The molecule has 0 unspecified atom stereocenters. The van der Waals surface area contributed by atoms with Crippen LogP contribution in [-0.2, 0) is 20.9 Å². The van der Waals surface area contributed by atoms with Crippen molar-refractivity contribution in [2.24, 2.45) is 5.73 Å². The van der Waals surface area contributed by atoms with Gasteiger partial charge >= 0.3 is 11.9 Å². The minimum atomic E-state index is -1.29. The van der Waals surface area contributed by atoms with Crippen molar-refractivity contribution in [3.05, 3.63) is 35.9 Å². The van der Waals surface area contributed by atoms with Crippen LogP contribution < -0.4 is 11.1 Å². The summed E-state index contributed by atoms with van der Waals surface area (Å²) in [5.41, 5.74) is 6.10. The summed E-state index contributed by atoms with van der Waals surface area (Å²) < 4.78 is 5.73. The van der Waals surface area contributed by atoms with Crippen molar-refractivity contribution in [3.63, 3.8) is 0 Å². The lowest BCUT2D eigenvalue weighted by Gasteiger charge is -2.09. The van der Waals surface area contributed by atoms with E-state index in [2.05, 4.69) is 17.4 Å². The van der Waals surface area contributed by atoms with E-state index >= 15 is 0 Å². The van der Waals surface area contributed by atoms with Crippen molar-refractivity contribution >= 4 is 11.9 Å². The van der Waals surface area contributed by atoms with Crippen molar-refractivity contribution in [2.45, 2.75) is 31.6 Å². The summed E-state index contributed by atoms with van der Waals surface area (Å²) in [6.07, 6.45) is 1.03. The number of carboxylic acids is 2. The van der Waals surface area contributed by atoms with Crippen LogP contribution in [-0.4, -0.2) is 47.4 Å². The molecule has 0 amide bonds. The molecule has 0 aromatic heterocycles. The van der Waals surface area contributed by atoms with Crippen LogP contribution in [0.25, 0.3) is 0 Å². The molecule has 0 bridgehead atoms. The van der Waals surface area contributed by atoms with E-state index in [9.17, 15) is 9.59 Å². The molecule has 1 fully saturated rings. The number of nitrogens with two attached hydrogens (primary N) is 1. The SMILES string of the molecule is N[C@H](CC(=O)O)C(=O)O.c1ccc(CO[C@@H]2CCNC2)cc1. The van der Waals surface area contributed by atoms with E-state index in [-0.39, 0.29) is 0 Å². The minimum Gasteiger partial charge on any atom is -0.481 e. The van der Waals surface area contributed by atoms with Crippen LogP contribution >= 0.6 is 0 Å². The maximum absolute atomic E-state index is 9.85. The van der Waals surface area contributed by atoms with Gasteiger partial charge in [0.2, 0.25) is 0 Å². The molecule has 0 spiro atoms. The van der Waals surface area contributed by atoms with Crippen LogP contribution in [0.15, 0.2) is 30.3 Å². The van der Waals surface area contributed by atoms with Crippen molar-refractivity contribution in [3.8, 4) is 0 Å². The van der Waals surface area contributed by atoms with E-state index in [1.807, 2.05) is 18.2 Å². The van der Waals surface area contributed by atoms with Crippen LogP contribution in [0, 0.1) is 0 Å². The molecular formula is C15H22N2O5. The number of nitrogens with one attached hydrogen (secondary N) is 1. The monoisotopic (exact) mass is 310 g/mol. The topological polar surface area (TPSA) is 122 Å². The maximum atomic E-state index is 9.85. The number of rotatable bonds is 6. The zero-order valence-electron chi connectivity index (χ0n) is 12.3. The molecule has 122 valence electrons. The van der Waals surface area contributed by atoms with Crippen molar-refractivity contribution in [1.29, 1.82) is 0 Å². The number of benzene rings is 1. The second-order valence-electron chi connectivity index (χ2n) is 4.95. The smallest absolute Gasteiger partial charge is 0.321 e. The summed E-state index contributed by atoms with van der Waals surface area (Å²) in [4.78, 5) is 19.6. The highest BCUT2D eigenvalue weighted by atomic mass is 16.5. The van der Waals surface area contributed by atoms with E-state index in [1.54, 1.807) is 0 Å². The number of ether oxygens (including phenoxy) is 1. The Balaban J connectivity index is 0.000000239. The number of aliphatic carboxylic acids is 2. The molecule has 22 heavy (non-hydrogen) atoms. The molecule has 7 heteroatoms. The third-order valence-electron chi connectivity index (χ3n) is 3.06. The van der Waals surface area contributed by atoms with Crippen molar-refractivity contribution < 1.29 is 24.5 Å². The number of carboxylic acid groups (broad SMARTS) is 2. The average molecular weight is 310 g/mol. The molecule has 1 aromatic rings. The lowest BCUT2D eigenvalue weighted by atomic mass is 10.2. The quantitative estimate of drug-likeness (QED) is 0.601. The summed E-state index contributed by atoms with van der Waals surface area (Å²) in [5.74, 6) is -2.50.